The first kappa shape index (κ1) is 5.29. The number of aromatic nitrogens is 2. The fraction of sp³-hybridized carbons (Fsp3) is 0. The molecule has 1 aliphatic rings. The lowest BCUT2D eigenvalue weighted by molar-refractivity contribution is 1.13. The summed E-state index contributed by atoms with van der Waals surface area (Å²) in [4.78, 5) is 11.8. The third-order valence-corrected chi connectivity index (χ3v) is 1.31. The first-order valence-electron chi connectivity index (χ1n) is 2.96. The molecule has 0 atom stereocenters. The zero-order chi connectivity index (χ0) is 6.81. The predicted molar refractivity (Wildman–Crippen MR) is 38.4 cm³/mol. The molecule has 0 unspecified atom stereocenters. The summed E-state index contributed by atoms with van der Waals surface area (Å²) in [6.45, 7) is 0. The maximum Gasteiger partial charge on any atom is 0.268 e. The van der Waals surface area contributed by atoms with Crippen molar-refractivity contribution in [2.75, 3.05) is 0 Å². The molecule has 0 spiro atoms. The van der Waals surface area contributed by atoms with Crippen molar-refractivity contribution in [3.8, 4) is 0 Å². The Morgan fingerprint density at radius 2 is 2.40 bits per heavy atom. The van der Waals surface area contributed by atoms with Crippen LogP contribution in [0.15, 0.2) is 18.7 Å². The van der Waals surface area contributed by atoms with Crippen molar-refractivity contribution in [2.45, 2.75) is 0 Å². The molecule has 47 valence electrons. The van der Waals surface area contributed by atoms with Crippen molar-refractivity contribution in [3.05, 3.63) is 30.0 Å². The Morgan fingerprint density at radius 1 is 1.40 bits per heavy atom. The van der Waals surface area contributed by atoms with Crippen molar-refractivity contribution < 1.29 is 0 Å². The van der Waals surface area contributed by atoms with Crippen molar-refractivity contribution >= 4 is 12.3 Å². The minimum atomic E-state index is 0.887. The summed E-state index contributed by atoms with van der Waals surface area (Å²) in [5.74, 6) is 0. The Kier molecular flexibility index (Phi) is 1.07. The van der Waals surface area contributed by atoms with Crippen LogP contribution in [0.1, 0.15) is 11.3 Å². The third kappa shape index (κ3) is 0.719. The smallest absolute Gasteiger partial charge is 0.244 e. The number of fused-ring (bicyclic) bond motifs is 1. The van der Waals surface area contributed by atoms with Gasteiger partial charge in [-0.3, -0.25) is 0 Å². The molecule has 0 saturated heterocycles. The maximum atomic E-state index is 4.01. The highest BCUT2D eigenvalue weighted by molar-refractivity contribution is 5.84. The molecule has 0 aromatic carbocycles. The molecular formula is C7H5N3+. The highest BCUT2D eigenvalue weighted by Gasteiger charge is 2.06. The van der Waals surface area contributed by atoms with Gasteiger partial charge < -0.3 is 0 Å². The third-order valence-electron chi connectivity index (χ3n) is 1.31. The van der Waals surface area contributed by atoms with E-state index in [1.807, 2.05) is 6.08 Å². The van der Waals surface area contributed by atoms with Crippen LogP contribution in [0.5, 0.6) is 0 Å². The van der Waals surface area contributed by atoms with E-state index in [2.05, 4.69) is 15.0 Å². The van der Waals surface area contributed by atoms with Crippen LogP contribution in [0.3, 0.4) is 0 Å². The van der Waals surface area contributed by atoms with E-state index < -0.39 is 0 Å². The molecule has 3 heteroatoms. The number of rotatable bonds is 0. The van der Waals surface area contributed by atoms with Gasteiger partial charge in [0.15, 0.2) is 0 Å². The second-order valence-electron chi connectivity index (χ2n) is 1.96. The van der Waals surface area contributed by atoms with Crippen LogP contribution in [-0.2, 0) is 0 Å². The quantitative estimate of drug-likeness (QED) is 0.505. The maximum absolute atomic E-state index is 4.01. The van der Waals surface area contributed by atoms with Crippen LogP contribution >= 0.6 is 0 Å². The van der Waals surface area contributed by atoms with Gasteiger partial charge in [-0.15, -0.1) is 0 Å². The lowest BCUT2D eigenvalue weighted by atomic mass is 10.2. The Morgan fingerprint density at radius 3 is 3.30 bits per heavy atom. The summed E-state index contributed by atoms with van der Waals surface area (Å²) in [7, 11) is 0. The molecule has 1 aromatic heterocycles. The average Bonchev–Trinajstić information content (AvgIpc) is 2.05. The highest BCUT2D eigenvalue weighted by atomic mass is 14.8. The molecule has 10 heavy (non-hydrogen) atoms. The lowest BCUT2D eigenvalue weighted by Crippen LogP contribution is -1.99. The fourth-order valence-electron chi connectivity index (χ4n) is 0.823. The second-order valence-corrected chi connectivity index (χ2v) is 1.96. The van der Waals surface area contributed by atoms with Crippen LogP contribution in [-0.4, -0.2) is 16.2 Å². The van der Waals surface area contributed by atoms with Gasteiger partial charge in [0.1, 0.15) is 12.0 Å². The summed E-state index contributed by atoms with van der Waals surface area (Å²) in [5, 5.41) is 0. The molecule has 2 heterocycles. The summed E-state index contributed by atoms with van der Waals surface area (Å²) >= 11 is 0. The molecule has 0 N–H and O–H groups in total. The van der Waals surface area contributed by atoms with E-state index in [9.17, 15) is 0 Å². The number of hydrogen-bond donors (Lipinski definition) is 0. The van der Waals surface area contributed by atoms with E-state index in [0.717, 1.165) is 11.3 Å². The highest BCUT2D eigenvalue weighted by Crippen LogP contribution is 2.04. The van der Waals surface area contributed by atoms with Gasteiger partial charge in [-0.1, -0.05) is 0 Å². The molecule has 0 bridgehead atoms. The standard InChI is InChI=1S/C7H5N3/c1-2-8-4-7-6(1)3-9-5-10-7/h1-5H/q+1. The van der Waals surface area contributed by atoms with Gasteiger partial charge in [0, 0.05) is 17.8 Å². The van der Waals surface area contributed by atoms with Gasteiger partial charge >= 0.3 is 0 Å². The molecular weight excluding hydrogens is 126 g/mol. The number of hydrogen-bond acceptors (Lipinski definition) is 3. The van der Waals surface area contributed by atoms with Crippen LogP contribution in [0.2, 0.25) is 0 Å². The Labute approximate surface area is 58.2 Å². The molecule has 0 fully saturated rings. The van der Waals surface area contributed by atoms with Crippen LogP contribution < -0.4 is 4.99 Å². The van der Waals surface area contributed by atoms with E-state index in [-0.39, 0.29) is 0 Å². The number of aliphatic imine (C=N–C) groups is 1. The monoisotopic (exact) mass is 131 g/mol. The second kappa shape index (κ2) is 2.02. The van der Waals surface area contributed by atoms with Crippen molar-refractivity contribution in [2.24, 2.45) is 0 Å². The van der Waals surface area contributed by atoms with Gasteiger partial charge in [0.05, 0.1) is 4.99 Å². The molecule has 0 saturated carbocycles. The van der Waals surface area contributed by atoms with Crippen LogP contribution in [0, 0.1) is 0 Å². The van der Waals surface area contributed by atoms with Gasteiger partial charge in [-0.2, -0.15) is 0 Å². The molecule has 0 amide bonds. The van der Waals surface area contributed by atoms with Crippen molar-refractivity contribution in [1.82, 2.24) is 15.0 Å². The summed E-state index contributed by atoms with van der Waals surface area (Å²) in [6, 6.07) is 0. The van der Waals surface area contributed by atoms with E-state index in [4.69, 9.17) is 0 Å². The van der Waals surface area contributed by atoms with Gasteiger partial charge in [0.25, 0.3) is 6.21 Å². The Bertz CT molecular complexity index is 270. The molecule has 3 nitrogen and oxygen atoms in total. The zero-order valence-corrected chi connectivity index (χ0v) is 5.23. The van der Waals surface area contributed by atoms with Crippen LogP contribution in [0.4, 0.5) is 0 Å². The lowest BCUT2D eigenvalue weighted by Gasteiger charge is -1.92. The van der Waals surface area contributed by atoms with E-state index in [0.29, 0.717) is 0 Å². The largest absolute Gasteiger partial charge is 0.268 e. The van der Waals surface area contributed by atoms with Crippen LogP contribution in [0.25, 0.3) is 6.08 Å². The van der Waals surface area contributed by atoms with Crippen molar-refractivity contribution in [1.29, 1.82) is 0 Å². The summed E-state index contributed by atoms with van der Waals surface area (Å²) < 4.78 is 0. The zero-order valence-electron chi connectivity index (χ0n) is 5.23. The molecule has 0 aliphatic carbocycles. The minimum Gasteiger partial charge on any atom is -0.244 e. The van der Waals surface area contributed by atoms with E-state index >= 15 is 0 Å². The van der Waals surface area contributed by atoms with E-state index in [1.54, 1.807) is 18.6 Å². The van der Waals surface area contributed by atoms with Crippen molar-refractivity contribution in [3.63, 3.8) is 0 Å². The van der Waals surface area contributed by atoms with Gasteiger partial charge in [-0.05, 0) is 0 Å². The molecule has 2 rings (SSSR count). The molecule has 1 aromatic rings. The summed E-state index contributed by atoms with van der Waals surface area (Å²) in [6.07, 6.45) is 8.62. The predicted octanol–water partition coefficient (Wildman–Crippen LogP) is 0.216. The van der Waals surface area contributed by atoms with Gasteiger partial charge in [-0.25, -0.2) is 9.97 Å². The first-order chi connectivity index (χ1) is 4.97. The van der Waals surface area contributed by atoms with E-state index in [1.165, 1.54) is 6.33 Å². The fourth-order valence-corrected chi connectivity index (χ4v) is 0.823. The SMILES string of the molecule is C1=Cc2cncnc2C=[N+]1. The molecule has 1 aliphatic heterocycles. The average molecular weight is 131 g/mol. The van der Waals surface area contributed by atoms with Gasteiger partial charge in [0.2, 0.25) is 6.20 Å². The summed E-state index contributed by atoms with van der Waals surface area (Å²) in [5.41, 5.74) is 1.91. The first-order valence-corrected chi connectivity index (χ1v) is 2.96. The topological polar surface area (TPSA) is 39.9 Å². The normalized spacial score (nSPS) is 13.2. The Balaban J connectivity index is 2.65. The number of nitrogens with zero attached hydrogens (tertiary/aromatic N) is 3. The Hall–Kier alpha value is -1.51. The minimum absolute atomic E-state index is 0.887. The molecule has 1 radical (unpaired) electrons.